The number of carboxylic acids is 1. The van der Waals surface area contributed by atoms with Crippen LogP contribution in [0.5, 0.6) is 11.6 Å². The molecule has 0 unspecified atom stereocenters. The Balaban J connectivity index is 2.09. The molecule has 0 aliphatic heterocycles. The molecule has 1 heterocycles. The molecule has 0 fully saturated rings. The van der Waals surface area contributed by atoms with Crippen LogP contribution in [0.3, 0.4) is 0 Å². The Bertz CT molecular complexity index is 620. The number of nitrogens with zero attached hydrogens (tertiary/aromatic N) is 1. The second kappa shape index (κ2) is 6.88. The minimum atomic E-state index is -0.988. The van der Waals surface area contributed by atoms with Crippen LogP contribution in [0.25, 0.3) is 0 Å². The van der Waals surface area contributed by atoms with E-state index in [0.29, 0.717) is 17.2 Å². The van der Waals surface area contributed by atoms with Gasteiger partial charge in [0.1, 0.15) is 5.75 Å². The molecule has 21 heavy (non-hydrogen) atoms. The first-order chi connectivity index (χ1) is 10.1. The van der Waals surface area contributed by atoms with Crippen molar-refractivity contribution in [3.63, 3.8) is 0 Å². The Labute approximate surface area is 124 Å². The van der Waals surface area contributed by atoms with Crippen molar-refractivity contribution in [2.24, 2.45) is 0 Å². The van der Waals surface area contributed by atoms with E-state index in [-0.39, 0.29) is 5.56 Å². The summed E-state index contributed by atoms with van der Waals surface area (Å²) in [4.78, 5) is 14.9. The van der Waals surface area contributed by atoms with Crippen LogP contribution in [0.1, 0.15) is 41.3 Å². The summed E-state index contributed by atoms with van der Waals surface area (Å²) in [5.74, 6) is 0.146. The Morgan fingerprint density at radius 3 is 2.57 bits per heavy atom. The first kappa shape index (κ1) is 15.0. The lowest BCUT2D eigenvalue weighted by Gasteiger charge is -2.08. The summed E-state index contributed by atoms with van der Waals surface area (Å²) in [6, 6.07) is 9.48. The summed E-state index contributed by atoms with van der Waals surface area (Å²) in [5, 5.41) is 8.91. The molecule has 4 heteroatoms. The van der Waals surface area contributed by atoms with Gasteiger partial charge in [-0.1, -0.05) is 25.5 Å². The van der Waals surface area contributed by atoms with Crippen LogP contribution in [0.4, 0.5) is 0 Å². The number of carboxylic acid groups (broad SMARTS) is 1. The Morgan fingerprint density at radius 1 is 1.29 bits per heavy atom. The van der Waals surface area contributed by atoms with Gasteiger partial charge >= 0.3 is 5.97 Å². The smallest absolute Gasteiger partial charge is 0.337 e. The van der Waals surface area contributed by atoms with Crippen molar-refractivity contribution >= 4 is 5.97 Å². The molecule has 110 valence electrons. The van der Waals surface area contributed by atoms with Crippen molar-refractivity contribution in [2.45, 2.75) is 33.1 Å². The average molecular weight is 285 g/mol. The van der Waals surface area contributed by atoms with Crippen LogP contribution >= 0.6 is 0 Å². The van der Waals surface area contributed by atoms with Gasteiger partial charge in [0.2, 0.25) is 5.88 Å². The topological polar surface area (TPSA) is 59.4 Å². The van der Waals surface area contributed by atoms with E-state index < -0.39 is 5.97 Å². The molecule has 1 aromatic carbocycles. The first-order valence-electron chi connectivity index (χ1n) is 7.07. The molecule has 2 rings (SSSR count). The predicted molar refractivity (Wildman–Crippen MR) is 81.1 cm³/mol. The zero-order chi connectivity index (χ0) is 15.2. The van der Waals surface area contributed by atoms with Crippen LogP contribution in [0, 0.1) is 6.92 Å². The summed E-state index contributed by atoms with van der Waals surface area (Å²) in [6.07, 6.45) is 4.73. The number of pyridine rings is 1. The quantitative estimate of drug-likeness (QED) is 0.863. The van der Waals surface area contributed by atoms with Gasteiger partial charge in [0.15, 0.2) is 0 Å². The lowest BCUT2D eigenvalue weighted by Crippen LogP contribution is -2.00. The third-order valence-electron chi connectivity index (χ3n) is 3.23. The monoisotopic (exact) mass is 285 g/mol. The third kappa shape index (κ3) is 4.05. The van der Waals surface area contributed by atoms with E-state index in [1.165, 1.54) is 24.6 Å². The second-order valence-corrected chi connectivity index (χ2v) is 5.00. The van der Waals surface area contributed by atoms with Gasteiger partial charge in [0.25, 0.3) is 0 Å². The number of carbonyl (C=O) groups is 1. The summed E-state index contributed by atoms with van der Waals surface area (Å²) in [7, 11) is 0. The second-order valence-electron chi connectivity index (χ2n) is 5.00. The zero-order valence-electron chi connectivity index (χ0n) is 12.3. The Morgan fingerprint density at radius 2 is 2.00 bits per heavy atom. The van der Waals surface area contributed by atoms with Crippen LogP contribution in [0.2, 0.25) is 0 Å². The van der Waals surface area contributed by atoms with Crippen molar-refractivity contribution in [1.29, 1.82) is 0 Å². The average Bonchev–Trinajstić information content (AvgIpc) is 2.48. The minimum absolute atomic E-state index is 0.162. The minimum Gasteiger partial charge on any atom is -0.478 e. The van der Waals surface area contributed by atoms with Crippen LogP contribution in [0.15, 0.2) is 36.5 Å². The SMILES string of the molecule is CCCCc1ccc(Oc2ncc(C(=O)O)cc2C)cc1. The van der Waals surface area contributed by atoms with Gasteiger partial charge in [-0.2, -0.15) is 0 Å². The lowest BCUT2D eigenvalue weighted by molar-refractivity contribution is 0.0696. The fourth-order valence-corrected chi connectivity index (χ4v) is 2.00. The van der Waals surface area contributed by atoms with E-state index >= 15 is 0 Å². The number of rotatable bonds is 6. The van der Waals surface area contributed by atoms with E-state index in [1.807, 2.05) is 24.3 Å². The molecule has 0 bridgehead atoms. The summed E-state index contributed by atoms with van der Waals surface area (Å²) < 4.78 is 5.70. The summed E-state index contributed by atoms with van der Waals surface area (Å²) in [6.45, 7) is 3.96. The van der Waals surface area contributed by atoms with Crippen molar-refractivity contribution in [1.82, 2.24) is 4.98 Å². The highest BCUT2D eigenvalue weighted by Crippen LogP contribution is 2.24. The molecule has 1 aromatic heterocycles. The van der Waals surface area contributed by atoms with Crippen molar-refractivity contribution in [2.75, 3.05) is 0 Å². The molecule has 0 aliphatic rings. The van der Waals surface area contributed by atoms with E-state index in [0.717, 1.165) is 6.42 Å². The van der Waals surface area contributed by atoms with Crippen molar-refractivity contribution in [3.8, 4) is 11.6 Å². The molecule has 0 atom stereocenters. The highest BCUT2D eigenvalue weighted by molar-refractivity contribution is 5.87. The number of ether oxygens (including phenoxy) is 1. The number of aromatic nitrogens is 1. The highest BCUT2D eigenvalue weighted by atomic mass is 16.5. The normalized spacial score (nSPS) is 10.4. The van der Waals surface area contributed by atoms with Gasteiger partial charge in [-0.3, -0.25) is 0 Å². The molecular weight excluding hydrogens is 266 g/mol. The van der Waals surface area contributed by atoms with Crippen molar-refractivity contribution < 1.29 is 14.6 Å². The first-order valence-corrected chi connectivity index (χ1v) is 7.07. The molecule has 0 spiro atoms. The van der Waals surface area contributed by atoms with Gasteiger partial charge in [-0.15, -0.1) is 0 Å². The number of hydrogen-bond acceptors (Lipinski definition) is 3. The van der Waals surface area contributed by atoms with E-state index in [9.17, 15) is 4.79 Å². The number of aromatic carboxylic acids is 1. The predicted octanol–water partition coefficient (Wildman–Crippen LogP) is 4.22. The maximum Gasteiger partial charge on any atom is 0.337 e. The highest BCUT2D eigenvalue weighted by Gasteiger charge is 2.08. The van der Waals surface area contributed by atoms with Gasteiger partial charge in [-0.05, 0) is 43.5 Å². The standard InChI is InChI=1S/C17H19NO3/c1-3-4-5-13-6-8-15(9-7-13)21-16-12(2)10-14(11-18-16)17(19)20/h6-11H,3-5H2,1-2H3,(H,19,20). The fraction of sp³-hybridized carbons (Fsp3) is 0.294. The molecule has 2 aromatic rings. The number of hydrogen-bond donors (Lipinski definition) is 1. The summed E-state index contributed by atoms with van der Waals surface area (Å²) >= 11 is 0. The molecule has 0 saturated carbocycles. The maximum atomic E-state index is 10.9. The molecule has 1 N–H and O–H groups in total. The van der Waals surface area contributed by atoms with Gasteiger partial charge in [0, 0.05) is 11.8 Å². The third-order valence-corrected chi connectivity index (χ3v) is 3.23. The molecule has 0 amide bonds. The number of benzene rings is 1. The van der Waals surface area contributed by atoms with E-state index in [4.69, 9.17) is 9.84 Å². The summed E-state index contributed by atoms with van der Waals surface area (Å²) in [5.41, 5.74) is 2.15. The van der Waals surface area contributed by atoms with Gasteiger partial charge in [-0.25, -0.2) is 9.78 Å². The van der Waals surface area contributed by atoms with Crippen LogP contribution in [-0.2, 0) is 6.42 Å². The largest absolute Gasteiger partial charge is 0.478 e. The molecule has 4 nitrogen and oxygen atoms in total. The molecule has 0 aliphatic carbocycles. The molecule has 0 radical (unpaired) electrons. The Hall–Kier alpha value is -2.36. The van der Waals surface area contributed by atoms with Gasteiger partial charge < -0.3 is 9.84 Å². The Kier molecular flexibility index (Phi) is 4.93. The van der Waals surface area contributed by atoms with Crippen LogP contribution in [-0.4, -0.2) is 16.1 Å². The number of aryl methyl sites for hydroxylation is 2. The van der Waals surface area contributed by atoms with E-state index in [1.54, 1.807) is 13.0 Å². The number of unbranched alkanes of at least 4 members (excludes halogenated alkanes) is 1. The lowest BCUT2D eigenvalue weighted by atomic mass is 10.1. The maximum absolute atomic E-state index is 10.9. The zero-order valence-corrected chi connectivity index (χ0v) is 12.3. The van der Waals surface area contributed by atoms with Crippen molar-refractivity contribution in [3.05, 3.63) is 53.2 Å². The van der Waals surface area contributed by atoms with Gasteiger partial charge in [0.05, 0.1) is 5.56 Å². The van der Waals surface area contributed by atoms with E-state index in [2.05, 4.69) is 11.9 Å². The molecule has 0 saturated heterocycles. The fourth-order valence-electron chi connectivity index (χ4n) is 2.00. The van der Waals surface area contributed by atoms with Crippen LogP contribution < -0.4 is 4.74 Å². The molecular formula is C17H19NO3.